The third kappa shape index (κ3) is 3.84. The van der Waals surface area contributed by atoms with Crippen molar-refractivity contribution in [2.75, 3.05) is 26.2 Å². The molecule has 23 heavy (non-hydrogen) atoms. The number of nitrogens with zero attached hydrogens (tertiary/aromatic N) is 3. The summed E-state index contributed by atoms with van der Waals surface area (Å²) in [6.07, 6.45) is 5.06. The summed E-state index contributed by atoms with van der Waals surface area (Å²) in [6, 6.07) is 3.66. The van der Waals surface area contributed by atoms with Gasteiger partial charge in [0.25, 0.3) is 10.2 Å². The van der Waals surface area contributed by atoms with E-state index in [4.69, 9.17) is 4.74 Å². The molecule has 7 heteroatoms. The summed E-state index contributed by atoms with van der Waals surface area (Å²) in [7, 11) is -3.38. The van der Waals surface area contributed by atoms with Crippen molar-refractivity contribution >= 4 is 10.2 Å². The van der Waals surface area contributed by atoms with Crippen molar-refractivity contribution in [2.45, 2.75) is 32.8 Å². The normalized spacial score (nSPS) is 30.4. The summed E-state index contributed by atoms with van der Waals surface area (Å²) in [5.41, 5.74) is 0. The largest absolute Gasteiger partial charge is 0.487 e. The quantitative estimate of drug-likeness (QED) is 0.838. The van der Waals surface area contributed by atoms with E-state index in [2.05, 4.69) is 18.8 Å². The summed E-state index contributed by atoms with van der Waals surface area (Å²) < 4.78 is 34.8. The summed E-state index contributed by atoms with van der Waals surface area (Å²) in [5, 5.41) is 0. The summed E-state index contributed by atoms with van der Waals surface area (Å²) >= 11 is 0. The van der Waals surface area contributed by atoms with E-state index in [0.717, 1.165) is 6.42 Å². The van der Waals surface area contributed by atoms with Crippen molar-refractivity contribution in [2.24, 2.45) is 11.8 Å². The topological polar surface area (TPSA) is 62.7 Å². The number of pyridine rings is 1. The van der Waals surface area contributed by atoms with Crippen molar-refractivity contribution in [3.05, 3.63) is 24.5 Å². The fraction of sp³-hybridized carbons (Fsp3) is 0.688. The molecule has 0 N–H and O–H groups in total. The Morgan fingerprint density at radius 3 is 2.57 bits per heavy atom. The second kappa shape index (κ2) is 6.75. The van der Waals surface area contributed by atoms with Gasteiger partial charge in [-0.1, -0.05) is 13.8 Å². The predicted molar refractivity (Wildman–Crippen MR) is 88.3 cm³/mol. The van der Waals surface area contributed by atoms with Gasteiger partial charge >= 0.3 is 0 Å². The van der Waals surface area contributed by atoms with Gasteiger partial charge in [0.1, 0.15) is 11.9 Å². The maximum absolute atomic E-state index is 12.9. The van der Waals surface area contributed by atoms with Gasteiger partial charge in [-0.15, -0.1) is 0 Å². The van der Waals surface area contributed by atoms with Gasteiger partial charge in [0.05, 0.1) is 12.7 Å². The van der Waals surface area contributed by atoms with Crippen molar-refractivity contribution in [3.63, 3.8) is 0 Å². The molecular formula is C16H25N3O3S. The first-order valence-electron chi connectivity index (χ1n) is 8.27. The summed E-state index contributed by atoms with van der Waals surface area (Å²) in [4.78, 5) is 4.02. The first kappa shape index (κ1) is 16.7. The lowest BCUT2D eigenvalue weighted by molar-refractivity contribution is 0.199. The zero-order valence-electron chi connectivity index (χ0n) is 13.8. The average Bonchev–Trinajstić information content (AvgIpc) is 2.96. The third-order valence-corrected chi connectivity index (χ3v) is 6.47. The molecule has 2 aliphatic heterocycles. The Balaban J connectivity index is 1.63. The molecule has 0 radical (unpaired) electrons. The van der Waals surface area contributed by atoms with Gasteiger partial charge in [-0.2, -0.15) is 17.0 Å². The minimum absolute atomic E-state index is 0.103. The Labute approximate surface area is 138 Å². The minimum atomic E-state index is -3.38. The van der Waals surface area contributed by atoms with E-state index in [9.17, 15) is 8.42 Å². The molecule has 0 aliphatic carbocycles. The zero-order valence-corrected chi connectivity index (χ0v) is 14.6. The number of hydrogen-bond acceptors (Lipinski definition) is 4. The van der Waals surface area contributed by atoms with Crippen LogP contribution in [0.1, 0.15) is 26.7 Å². The molecule has 3 atom stereocenters. The van der Waals surface area contributed by atoms with Crippen LogP contribution in [-0.4, -0.2) is 54.3 Å². The Kier molecular flexibility index (Phi) is 4.89. The van der Waals surface area contributed by atoms with Crippen molar-refractivity contribution < 1.29 is 13.2 Å². The first-order valence-corrected chi connectivity index (χ1v) is 9.66. The van der Waals surface area contributed by atoms with Crippen LogP contribution in [0, 0.1) is 11.8 Å². The van der Waals surface area contributed by atoms with E-state index in [-0.39, 0.29) is 6.10 Å². The highest BCUT2D eigenvalue weighted by Crippen LogP contribution is 2.27. The monoisotopic (exact) mass is 339 g/mol. The molecule has 2 aliphatic rings. The van der Waals surface area contributed by atoms with E-state index in [1.165, 1.54) is 0 Å². The molecule has 0 saturated carbocycles. The van der Waals surface area contributed by atoms with Gasteiger partial charge < -0.3 is 4.74 Å². The smallest absolute Gasteiger partial charge is 0.282 e. The Morgan fingerprint density at radius 2 is 1.91 bits per heavy atom. The molecule has 0 aromatic carbocycles. The molecule has 128 valence electrons. The van der Waals surface area contributed by atoms with Crippen LogP contribution in [-0.2, 0) is 10.2 Å². The lowest BCUT2D eigenvalue weighted by Crippen LogP contribution is -2.49. The molecule has 1 aromatic rings. The van der Waals surface area contributed by atoms with Gasteiger partial charge in [-0.25, -0.2) is 0 Å². The molecule has 6 nitrogen and oxygen atoms in total. The summed E-state index contributed by atoms with van der Waals surface area (Å²) in [5.74, 6) is 1.52. The molecule has 3 rings (SSSR count). The fourth-order valence-electron chi connectivity index (χ4n) is 3.57. The molecule has 0 unspecified atom stereocenters. The Bertz CT molecular complexity index is 613. The van der Waals surface area contributed by atoms with Crippen LogP contribution in [0.5, 0.6) is 5.75 Å². The van der Waals surface area contributed by atoms with Crippen molar-refractivity contribution in [1.82, 2.24) is 13.6 Å². The number of hydrogen-bond donors (Lipinski definition) is 0. The van der Waals surface area contributed by atoms with Crippen LogP contribution in [0.15, 0.2) is 24.5 Å². The van der Waals surface area contributed by atoms with Crippen molar-refractivity contribution in [3.8, 4) is 5.75 Å². The lowest BCUT2D eigenvalue weighted by atomic mass is 9.94. The lowest BCUT2D eigenvalue weighted by Gasteiger charge is -2.36. The summed E-state index contributed by atoms with van der Waals surface area (Å²) in [6.45, 7) is 6.42. The van der Waals surface area contributed by atoms with Gasteiger partial charge in [0.15, 0.2) is 0 Å². The molecule has 3 heterocycles. The highest BCUT2D eigenvalue weighted by molar-refractivity contribution is 7.86. The van der Waals surface area contributed by atoms with Gasteiger partial charge in [-0.05, 0) is 36.8 Å². The van der Waals surface area contributed by atoms with Crippen LogP contribution in [0.2, 0.25) is 0 Å². The van der Waals surface area contributed by atoms with E-state index in [1.54, 1.807) is 21.0 Å². The highest BCUT2D eigenvalue weighted by Gasteiger charge is 2.39. The van der Waals surface area contributed by atoms with E-state index in [1.807, 2.05) is 12.1 Å². The number of aromatic nitrogens is 1. The van der Waals surface area contributed by atoms with Crippen LogP contribution < -0.4 is 4.74 Å². The van der Waals surface area contributed by atoms with Crippen LogP contribution >= 0.6 is 0 Å². The SMILES string of the molecule is C[C@@H]1C[C@@H](C)CN(S(=O)(=O)N2CC[C@H](Oc3cccnc3)C2)C1. The van der Waals surface area contributed by atoms with Crippen molar-refractivity contribution in [1.29, 1.82) is 0 Å². The first-order chi connectivity index (χ1) is 10.9. The average molecular weight is 339 g/mol. The third-order valence-electron chi connectivity index (χ3n) is 4.53. The van der Waals surface area contributed by atoms with E-state index >= 15 is 0 Å². The molecule has 2 saturated heterocycles. The maximum Gasteiger partial charge on any atom is 0.282 e. The molecule has 0 spiro atoms. The standard InChI is InChI=1S/C16H25N3O3S/c1-13-8-14(2)11-19(10-13)23(20,21)18-7-5-16(12-18)22-15-4-3-6-17-9-15/h3-4,6,9,13-14,16H,5,7-8,10-12H2,1-2H3/t13-,14-,16+/m1/s1. The molecule has 0 bridgehead atoms. The molecule has 2 fully saturated rings. The van der Waals surface area contributed by atoms with Crippen LogP contribution in [0.4, 0.5) is 0 Å². The Morgan fingerprint density at radius 1 is 1.17 bits per heavy atom. The zero-order chi connectivity index (χ0) is 16.4. The maximum atomic E-state index is 12.9. The van der Waals surface area contributed by atoms with Gasteiger partial charge in [0, 0.05) is 25.8 Å². The molecular weight excluding hydrogens is 314 g/mol. The van der Waals surface area contributed by atoms with E-state index < -0.39 is 10.2 Å². The predicted octanol–water partition coefficient (Wildman–Crippen LogP) is 1.76. The minimum Gasteiger partial charge on any atom is -0.487 e. The van der Waals surface area contributed by atoms with E-state index in [0.29, 0.717) is 50.2 Å². The second-order valence-corrected chi connectivity index (χ2v) is 8.77. The number of ether oxygens (including phenoxy) is 1. The second-order valence-electron chi connectivity index (χ2n) is 6.85. The number of piperidine rings is 1. The molecule has 1 aromatic heterocycles. The van der Waals surface area contributed by atoms with Crippen LogP contribution in [0.25, 0.3) is 0 Å². The van der Waals surface area contributed by atoms with Crippen LogP contribution in [0.3, 0.4) is 0 Å². The Hall–Kier alpha value is -1.18. The fourth-order valence-corrected chi connectivity index (χ4v) is 5.47. The highest BCUT2D eigenvalue weighted by atomic mass is 32.2. The number of rotatable bonds is 4. The molecule has 0 amide bonds. The van der Waals surface area contributed by atoms with Gasteiger partial charge in [0.2, 0.25) is 0 Å². The van der Waals surface area contributed by atoms with Gasteiger partial charge in [-0.3, -0.25) is 4.98 Å².